The summed E-state index contributed by atoms with van der Waals surface area (Å²) in [6.07, 6.45) is 17.0. The second-order valence-electron chi connectivity index (χ2n) is 32.9. The van der Waals surface area contributed by atoms with Gasteiger partial charge in [-0.15, -0.1) is 6.42 Å². The summed E-state index contributed by atoms with van der Waals surface area (Å²) in [5, 5.41) is 0. The molecule has 0 atom stereocenters. The van der Waals surface area contributed by atoms with E-state index in [2.05, 4.69) is 266 Å². The van der Waals surface area contributed by atoms with Crippen LogP contribution in [0.1, 0.15) is 273 Å². The van der Waals surface area contributed by atoms with E-state index in [1.165, 1.54) is 68.1 Å². The lowest BCUT2D eigenvalue weighted by Crippen LogP contribution is -2.29. The maximum atomic E-state index is 5.57. The quantitative estimate of drug-likeness (QED) is 0.105. The summed E-state index contributed by atoms with van der Waals surface area (Å²) in [6.45, 7) is 67.7. The molecule has 3 aromatic rings. The third-order valence-corrected chi connectivity index (χ3v) is 12.8. The molecule has 0 N–H and O–H groups in total. The Labute approximate surface area is 463 Å². The van der Waals surface area contributed by atoms with Gasteiger partial charge in [-0.3, -0.25) is 0 Å². The number of rotatable bonds is 16. The van der Waals surface area contributed by atoms with Crippen molar-refractivity contribution in [2.75, 3.05) is 13.2 Å². The monoisotopic (exact) mass is 1020 g/mol. The number of terminal acetylenes is 1. The molecule has 0 aliphatic rings. The van der Waals surface area contributed by atoms with Crippen LogP contribution in [-0.2, 0) is 0 Å². The lowest BCUT2D eigenvalue weighted by Gasteiger charge is -2.39. The standard InChI is InChI=1S/C20H32O.C20H30O.C17H28.C15H32/c2*1-8-13-21-18-11-9-16(10-12-18)17(14-19(2,3)4)15-20(5,6)7;1-16(2,3)12-15(13-17(4,5)6)14-10-8-7-9-11-14;1-13(2,3)10-12(15(7,8)9)11-14(4,5)6/h8-12,17H,1,13-15H2,2-7H3;1,9-12,17H,13-15H2,2-7H3;7-11,15H,12-13H2,1-6H3;12H,10-11H2,1-9H3. The summed E-state index contributed by atoms with van der Waals surface area (Å²) < 4.78 is 11.0. The van der Waals surface area contributed by atoms with Gasteiger partial charge in [0, 0.05) is 0 Å². The van der Waals surface area contributed by atoms with Gasteiger partial charge < -0.3 is 9.47 Å². The topological polar surface area (TPSA) is 18.5 Å². The molecule has 3 rings (SSSR count). The molecular formula is C72H122O2. The highest BCUT2D eigenvalue weighted by molar-refractivity contribution is 5.31. The normalized spacial score (nSPS) is 13.1. The zero-order valence-electron chi connectivity index (χ0n) is 54.1. The van der Waals surface area contributed by atoms with Crippen LogP contribution in [0, 0.1) is 67.0 Å². The molecule has 3 aromatic carbocycles. The van der Waals surface area contributed by atoms with Crippen LogP contribution >= 0.6 is 0 Å². The number of ether oxygens (including phenoxy) is 2. The second kappa shape index (κ2) is 29.9. The highest BCUT2D eigenvalue weighted by Gasteiger charge is 2.32. The molecule has 0 unspecified atom stereocenters. The SMILES string of the molecule is C#CCOc1ccc(C(CC(C)(C)C)CC(C)(C)C)cc1.C=CCOc1ccc(C(CC(C)(C)C)CC(C)(C)C)cc1.CC(C)(C)CC(CC(C)(C)C)C(C)(C)C.CC(C)(C)CC(CC(C)(C)C)c1ccccc1. The Morgan fingerprint density at radius 2 is 0.635 bits per heavy atom. The van der Waals surface area contributed by atoms with Crippen LogP contribution in [0.4, 0.5) is 0 Å². The fraction of sp³-hybridized carbons (Fsp3) is 0.694. The molecule has 422 valence electrons. The van der Waals surface area contributed by atoms with E-state index in [-0.39, 0.29) is 0 Å². The Kier molecular flexibility index (Phi) is 28.5. The molecule has 0 amide bonds. The van der Waals surface area contributed by atoms with Gasteiger partial charge in [-0.1, -0.05) is 260 Å². The predicted molar refractivity (Wildman–Crippen MR) is 333 cm³/mol. The van der Waals surface area contributed by atoms with E-state index in [4.69, 9.17) is 15.9 Å². The average molecular weight is 1020 g/mol. The minimum atomic E-state index is 0.326. The summed E-state index contributed by atoms with van der Waals surface area (Å²) in [6, 6.07) is 28.0. The smallest absolute Gasteiger partial charge is 0.148 e. The van der Waals surface area contributed by atoms with Gasteiger partial charge in [0.15, 0.2) is 0 Å². The zero-order valence-corrected chi connectivity index (χ0v) is 54.1. The van der Waals surface area contributed by atoms with Crippen molar-refractivity contribution in [3.63, 3.8) is 0 Å². The third-order valence-electron chi connectivity index (χ3n) is 12.8. The van der Waals surface area contributed by atoms with Gasteiger partial charge in [-0.05, 0) is 165 Å². The first-order chi connectivity index (χ1) is 33.2. The molecule has 0 saturated carbocycles. The maximum Gasteiger partial charge on any atom is 0.148 e. The molecule has 0 saturated heterocycles. The van der Waals surface area contributed by atoms with Gasteiger partial charge >= 0.3 is 0 Å². The van der Waals surface area contributed by atoms with Crippen molar-refractivity contribution in [3.8, 4) is 23.8 Å². The van der Waals surface area contributed by atoms with Crippen molar-refractivity contribution in [1.82, 2.24) is 0 Å². The summed E-state index contributed by atoms with van der Waals surface area (Å²) >= 11 is 0. The van der Waals surface area contributed by atoms with E-state index < -0.39 is 0 Å². The van der Waals surface area contributed by atoms with Gasteiger partial charge in [0.2, 0.25) is 0 Å². The van der Waals surface area contributed by atoms with Crippen molar-refractivity contribution >= 4 is 0 Å². The molecule has 0 aliphatic heterocycles. The zero-order chi connectivity index (χ0) is 57.8. The number of hydrogen-bond acceptors (Lipinski definition) is 2. The van der Waals surface area contributed by atoms with Gasteiger partial charge in [0.25, 0.3) is 0 Å². The van der Waals surface area contributed by atoms with Gasteiger partial charge in [-0.25, -0.2) is 0 Å². The fourth-order valence-electron chi connectivity index (χ4n) is 10.2. The van der Waals surface area contributed by atoms with E-state index in [1.807, 2.05) is 12.1 Å². The van der Waals surface area contributed by atoms with Crippen molar-refractivity contribution in [2.24, 2.45) is 54.7 Å². The molecule has 74 heavy (non-hydrogen) atoms. The first kappa shape index (κ1) is 70.6. The third kappa shape index (κ3) is 38.2. The van der Waals surface area contributed by atoms with E-state index in [0.717, 1.165) is 17.4 Å². The number of hydrogen-bond donors (Lipinski definition) is 0. The first-order valence-corrected chi connectivity index (χ1v) is 28.7. The molecule has 0 spiro atoms. The maximum absolute atomic E-state index is 5.57. The van der Waals surface area contributed by atoms with Crippen molar-refractivity contribution < 1.29 is 9.47 Å². The molecule has 2 nitrogen and oxygen atoms in total. The molecule has 0 aliphatic carbocycles. The van der Waals surface area contributed by atoms with Crippen LogP contribution < -0.4 is 9.47 Å². The van der Waals surface area contributed by atoms with Crippen molar-refractivity contribution in [1.29, 1.82) is 0 Å². The van der Waals surface area contributed by atoms with Crippen LogP contribution in [0.25, 0.3) is 0 Å². The Hall–Kier alpha value is -3.44. The number of benzene rings is 3. The van der Waals surface area contributed by atoms with E-state index in [9.17, 15) is 0 Å². The largest absolute Gasteiger partial charge is 0.490 e. The molecule has 0 heterocycles. The second-order valence-corrected chi connectivity index (χ2v) is 32.9. The van der Waals surface area contributed by atoms with Gasteiger partial charge in [0.05, 0.1) is 0 Å². The van der Waals surface area contributed by atoms with Gasteiger partial charge in [0.1, 0.15) is 24.7 Å². The lowest BCUT2D eigenvalue weighted by atomic mass is 9.66. The van der Waals surface area contributed by atoms with Crippen LogP contribution in [0.2, 0.25) is 0 Å². The Morgan fingerprint density at radius 1 is 0.378 bits per heavy atom. The summed E-state index contributed by atoms with van der Waals surface area (Å²) in [5.41, 5.74) is 7.77. The summed E-state index contributed by atoms with van der Waals surface area (Å²) in [4.78, 5) is 0. The molecular weight excluding hydrogens is 897 g/mol. The molecule has 0 aromatic heterocycles. The Balaban J connectivity index is 0.000000969. The Morgan fingerprint density at radius 3 is 0.865 bits per heavy atom. The van der Waals surface area contributed by atoms with Crippen molar-refractivity contribution in [3.05, 3.63) is 108 Å². The summed E-state index contributed by atoms with van der Waals surface area (Å²) in [7, 11) is 0. The average Bonchev–Trinajstić information content (AvgIpc) is 3.18. The van der Waals surface area contributed by atoms with Crippen LogP contribution in [0.3, 0.4) is 0 Å². The lowest BCUT2D eigenvalue weighted by molar-refractivity contribution is 0.115. The highest BCUT2D eigenvalue weighted by atomic mass is 16.5. The van der Waals surface area contributed by atoms with E-state index in [0.29, 0.717) is 79.7 Å². The van der Waals surface area contributed by atoms with Crippen LogP contribution in [0.5, 0.6) is 11.5 Å². The van der Waals surface area contributed by atoms with Crippen LogP contribution in [-0.4, -0.2) is 13.2 Å². The highest BCUT2D eigenvalue weighted by Crippen LogP contribution is 2.44. The molecule has 0 fully saturated rings. The minimum Gasteiger partial charge on any atom is -0.490 e. The van der Waals surface area contributed by atoms with E-state index in [1.54, 1.807) is 6.08 Å². The molecule has 2 heteroatoms. The predicted octanol–water partition coefficient (Wildman–Crippen LogP) is 23.0. The molecule has 0 bridgehead atoms. The fourth-order valence-corrected chi connectivity index (χ4v) is 10.2. The van der Waals surface area contributed by atoms with E-state index >= 15 is 0 Å². The molecule has 0 radical (unpaired) electrons. The summed E-state index contributed by atoms with van der Waals surface area (Å²) in [5.74, 6) is 6.93. The minimum absolute atomic E-state index is 0.326. The van der Waals surface area contributed by atoms with Gasteiger partial charge in [-0.2, -0.15) is 0 Å². The van der Waals surface area contributed by atoms with Crippen LogP contribution in [0.15, 0.2) is 91.5 Å². The van der Waals surface area contributed by atoms with Crippen molar-refractivity contribution in [2.45, 2.75) is 256 Å². The Bertz CT molecular complexity index is 1910. The first-order valence-electron chi connectivity index (χ1n) is 28.7.